The van der Waals surface area contributed by atoms with Crippen molar-refractivity contribution < 1.29 is 9.53 Å². The number of amides is 1. The van der Waals surface area contributed by atoms with Gasteiger partial charge in [0.25, 0.3) is 0 Å². The summed E-state index contributed by atoms with van der Waals surface area (Å²) in [6.07, 6.45) is 3.31. The number of nitrogens with one attached hydrogen (secondary N) is 1. The summed E-state index contributed by atoms with van der Waals surface area (Å²) < 4.78 is 5.85. The van der Waals surface area contributed by atoms with Crippen molar-refractivity contribution in [3.63, 3.8) is 0 Å². The molecule has 1 rings (SSSR count). The summed E-state index contributed by atoms with van der Waals surface area (Å²) in [6.45, 7) is 12.8. The van der Waals surface area contributed by atoms with Gasteiger partial charge in [-0.25, -0.2) is 0 Å². The molecular weight excluding hydrogens is 202 g/mol. The summed E-state index contributed by atoms with van der Waals surface area (Å²) >= 11 is 0. The average Bonchev–Trinajstić information content (AvgIpc) is 2.56. The van der Waals surface area contributed by atoms with Gasteiger partial charge >= 0.3 is 0 Å². The maximum absolute atomic E-state index is 11.2. The zero-order valence-corrected chi connectivity index (χ0v) is 10.8. The summed E-state index contributed by atoms with van der Waals surface area (Å²) in [6, 6.07) is 0. The van der Waals surface area contributed by atoms with Gasteiger partial charge in [0, 0.05) is 6.42 Å². The van der Waals surface area contributed by atoms with E-state index in [9.17, 15) is 4.79 Å². The van der Waals surface area contributed by atoms with Crippen LogP contribution >= 0.6 is 0 Å². The minimum atomic E-state index is -0.351. The van der Waals surface area contributed by atoms with E-state index in [1.54, 1.807) is 6.08 Å². The van der Waals surface area contributed by atoms with Crippen molar-refractivity contribution in [1.29, 1.82) is 0 Å². The number of hydrogen-bond donors (Lipinski definition) is 1. The quantitative estimate of drug-likeness (QED) is 0.745. The summed E-state index contributed by atoms with van der Waals surface area (Å²) in [4.78, 5) is 11.2. The Morgan fingerprint density at radius 1 is 1.62 bits per heavy atom. The first-order valence-electron chi connectivity index (χ1n) is 5.85. The molecule has 92 valence electrons. The third-order valence-corrected chi connectivity index (χ3v) is 3.39. The van der Waals surface area contributed by atoms with Crippen LogP contribution in [0.15, 0.2) is 12.7 Å². The molecule has 1 N–H and O–H groups in total. The molecule has 1 saturated heterocycles. The fourth-order valence-electron chi connectivity index (χ4n) is 1.58. The topological polar surface area (TPSA) is 38.3 Å². The van der Waals surface area contributed by atoms with Crippen LogP contribution < -0.4 is 5.32 Å². The predicted octanol–water partition coefficient (Wildman–Crippen LogP) is 2.27. The molecule has 0 bridgehead atoms. The van der Waals surface area contributed by atoms with Crippen LogP contribution in [0, 0.1) is 5.41 Å². The predicted molar refractivity (Wildman–Crippen MR) is 65.2 cm³/mol. The van der Waals surface area contributed by atoms with Gasteiger partial charge in [0.1, 0.15) is 0 Å². The summed E-state index contributed by atoms with van der Waals surface area (Å²) in [7, 11) is 0. The van der Waals surface area contributed by atoms with E-state index in [0.29, 0.717) is 13.0 Å². The number of hydrogen-bond acceptors (Lipinski definition) is 2. The number of carbonyl (C=O) groups is 1. The Bertz CT molecular complexity index is 280. The largest absolute Gasteiger partial charge is 0.375 e. The molecular formula is C13H23NO2. The van der Waals surface area contributed by atoms with Crippen molar-refractivity contribution in [2.75, 3.05) is 6.61 Å². The average molecular weight is 225 g/mol. The molecule has 3 nitrogen and oxygen atoms in total. The second-order valence-corrected chi connectivity index (χ2v) is 5.73. The molecule has 3 heteroatoms. The molecule has 0 saturated carbocycles. The highest BCUT2D eigenvalue weighted by Crippen LogP contribution is 2.26. The zero-order valence-electron chi connectivity index (χ0n) is 10.8. The summed E-state index contributed by atoms with van der Waals surface area (Å²) in [5.74, 6) is 0.0897. The van der Waals surface area contributed by atoms with Gasteiger partial charge in [-0.2, -0.15) is 0 Å². The van der Waals surface area contributed by atoms with E-state index in [2.05, 4.69) is 39.6 Å². The Morgan fingerprint density at radius 3 is 2.62 bits per heavy atom. The molecule has 0 unspecified atom stereocenters. The second kappa shape index (κ2) is 4.58. The number of rotatable bonds is 4. The van der Waals surface area contributed by atoms with E-state index < -0.39 is 0 Å². The molecule has 1 amide bonds. The van der Waals surface area contributed by atoms with Crippen LogP contribution in [-0.4, -0.2) is 24.2 Å². The van der Waals surface area contributed by atoms with Crippen LogP contribution in [0.4, 0.5) is 0 Å². The smallest absolute Gasteiger partial charge is 0.220 e. The molecule has 1 aliphatic rings. The lowest BCUT2D eigenvalue weighted by Gasteiger charge is -2.32. The fraction of sp³-hybridized carbons (Fsp3) is 0.769. The van der Waals surface area contributed by atoms with Gasteiger partial charge in [-0.3, -0.25) is 4.79 Å². The van der Waals surface area contributed by atoms with E-state index in [4.69, 9.17) is 4.74 Å². The van der Waals surface area contributed by atoms with Gasteiger partial charge in [0.2, 0.25) is 5.91 Å². The van der Waals surface area contributed by atoms with Crippen LogP contribution in [0.1, 0.15) is 40.5 Å². The van der Waals surface area contributed by atoms with Gasteiger partial charge in [-0.1, -0.05) is 26.8 Å². The van der Waals surface area contributed by atoms with Crippen molar-refractivity contribution in [2.24, 2.45) is 5.41 Å². The Hall–Kier alpha value is -0.830. The van der Waals surface area contributed by atoms with Crippen LogP contribution in [-0.2, 0) is 9.53 Å². The maximum atomic E-state index is 11.2. The first kappa shape index (κ1) is 13.2. The first-order chi connectivity index (χ1) is 7.29. The van der Waals surface area contributed by atoms with Crippen LogP contribution in [0.25, 0.3) is 0 Å². The minimum Gasteiger partial charge on any atom is -0.375 e. The molecule has 1 heterocycles. The molecule has 0 aromatic heterocycles. The van der Waals surface area contributed by atoms with E-state index in [1.807, 2.05) is 0 Å². The molecule has 0 aromatic rings. The van der Waals surface area contributed by atoms with Crippen molar-refractivity contribution in [2.45, 2.75) is 52.2 Å². The standard InChI is InChI=1S/C13H23NO2/c1-6-13(8-7-11(15)14-13)9-16-10(2)12(3,4)5/h6,10H,1,7-9H2,2-5H3,(H,14,15)/t10-,13-/m0/s1. The molecule has 1 aliphatic heterocycles. The molecule has 0 aliphatic carbocycles. The van der Waals surface area contributed by atoms with Crippen molar-refractivity contribution in [3.8, 4) is 0 Å². The molecule has 16 heavy (non-hydrogen) atoms. The summed E-state index contributed by atoms with van der Waals surface area (Å²) in [5, 5.41) is 2.94. The molecule has 2 atom stereocenters. The monoisotopic (exact) mass is 225 g/mol. The van der Waals surface area contributed by atoms with Gasteiger partial charge in [-0.05, 0) is 18.8 Å². The molecule has 0 radical (unpaired) electrons. The Morgan fingerprint density at radius 2 is 2.25 bits per heavy atom. The third-order valence-electron chi connectivity index (χ3n) is 3.39. The maximum Gasteiger partial charge on any atom is 0.220 e. The lowest BCUT2D eigenvalue weighted by atomic mass is 9.90. The van der Waals surface area contributed by atoms with Crippen molar-refractivity contribution in [1.82, 2.24) is 5.32 Å². The van der Waals surface area contributed by atoms with E-state index in [-0.39, 0.29) is 23.0 Å². The normalized spacial score (nSPS) is 27.6. The third kappa shape index (κ3) is 3.08. The first-order valence-corrected chi connectivity index (χ1v) is 5.85. The lowest BCUT2D eigenvalue weighted by Crippen LogP contribution is -2.45. The van der Waals surface area contributed by atoms with E-state index in [0.717, 1.165) is 6.42 Å². The molecule has 0 spiro atoms. The Labute approximate surface area is 98.2 Å². The van der Waals surface area contributed by atoms with Gasteiger partial charge in [0.05, 0.1) is 18.2 Å². The minimum absolute atomic E-state index is 0.0897. The fourth-order valence-corrected chi connectivity index (χ4v) is 1.58. The highest BCUT2D eigenvalue weighted by Gasteiger charge is 2.36. The highest BCUT2D eigenvalue weighted by molar-refractivity contribution is 5.80. The van der Waals surface area contributed by atoms with E-state index >= 15 is 0 Å². The van der Waals surface area contributed by atoms with Crippen LogP contribution in [0.2, 0.25) is 0 Å². The lowest BCUT2D eigenvalue weighted by molar-refractivity contribution is -0.120. The summed E-state index contributed by atoms with van der Waals surface area (Å²) in [5.41, 5.74) is -0.235. The molecule has 1 fully saturated rings. The van der Waals surface area contributed by atoms with E-state index in [1.165, 1.54) is 0 Å². The number of ether oxygens (including phenoxy) is 1. The van der Waals surface area contributed by atoms with Crippen molar-refractivity contribution in [3.05, 3.63) is 12.7 Å². The van der Waals surface area contributed by atoms with Gasteiger partial charge < -0.3 is 10.1 Å². The highest BCUT2D eigenvalue weighted by atomic mass is 16.5. The SMILES string of the molecule is C=C[C@@]1(CO[C@@H](C)C(C)(C)C)CCC(=O)N1. The second-order valence-electron chi connectivity index (χ2n) is 5.73. The zero-order chi connectivity index (χ0) is 12.4. The van der Waals surface area contributed by atoms with Crippen LogP contribution in [0.3, 0.4) is 0 Å². The van der Waals surface area contributed by atoms with Crippen molar-refractivity contribution >= 4 is 5.91 Å². The Kier molecular flexibility index (Phi) is 3.79. The van der Waals surface area contributed by atoms with Crippen LogP contribution in [0.5, 0.6) is 0 Å². The molecule has 0 aromatic carbocycles. The Balaban J connectivity index is 2.53. The number of carbonyl (C=O) groups excluding carboxylic acids is 1. The van der Waals surface area contributed by atoms with Gasteiger partial charge in [0.15, 0.2) is 0 Å². The van der Waals surface area contributed by atoms with Gasteiger partial charge in [-0.15, -0.1) is 6.58 Å².